The van der Waals surface area contributed by atoms with Crippen LogP contribution in [0.4, 0.5) is 24.0 Å². The molecule has 120 valence electrons. The second kappa shape index (κ2) is 5.85. The van der Waals surface area contributed by atoms with E-state index < -0.39 is 17.8 Å². The van der Waals surface area contributed by atoms with E-state index in [1.54, 1.807) is 6.07 Å². The van der Waals surface area contributed by atoms with Crippen LogP contribution in [0.3, 0.4) is 0 Å². The quantitative estimate of drug-likeness (QED) is 0.861. The second-order valence-electron chi connectivity index (χ2n) is 4.54. The molecule has 0 saturated heterocycles. The molecule has 0 fully saturated rings. The van der Waals surface area contributed by atoms with E-state index in [4.69, 9.17) is 0 Å². The summed E-state index contributed by atoms with van der Waals surface area (Å²) in [6, 6.07) is 4.70. The van der Waals surface area contributed by atoms with Gasteiger partial charge in [-0.1, -0.05) is 0 Å². The zero-order chi connectivity index (χ0) is 16.6. The summed E-state index contributed by atoms with van der Waals surface area (Å²) >= 11 is 2.04. The van der Waals surface area contributed by atoms with Gasteiger partial charge in [-0.25, -0.2) is 4.98 Å². The lowest BCUT2D eigenvalue weighted by molar-refractivity contribution is -0.140. The fraction of sp³-hybridized carbons (Fsp3) is 0.154. The maximum Gasteiger partial charge on any atom is 0.434 e. The molecule has 5 nitrogen and oxygen atoms in total. The van der Waals surface area contributed by atoms with Crippen LogP contribution in [-0.2, 0) is 11.0 Å². The van der Waals surface area contributed by atoms with Crippen molar-refractivity contribution < 1.29 is 22.8 Å². The van der Waals surface area contributed by atoms with Crippen molar-refractivity contribution in [3.05, 3.63) is 34.8 Å². The van der Waals surface area contributed by atoms with E-state index in [1.807, 2.05) is 0 Å². The Labute approximate surface area is 136 Å². The van der Waals surface area contributed by atoms with Crippen molar-refractivity contribution in [2.75, 3.05) is 16.4 Å². The first-order chi connectivity index (χ1) is 10.8. The van der Waals surface area contributed by atoms with Gasteiger partial charge in [0.15, 0.2) is 10.8 Å². The Morgan fingerprint density at radius 3 is 2.83 bits per heavy atom. The number of halogens is 3. The molecule has 2 aromatic rings. The third-order valence-corrected chi connectivity index (χ3v) is 4.72. The fourth-order valence-electron chi connectivity index (χ4n) is 1.85. The van der Waals surface area contributed by atoms with Crippen LogP contribution < -0.4 is 10.6 Å². The largest absolute Gasteiger partial charge is 0.434 e. The highest BCUT2D eigenvalue weighted by molar-refractivity contribution is 8.00. The number of alkyl halides is 3. The average Bonchev–Trinajstić information content (AvgIpc) is 2.95. The van der Waals surface area contributed by atoms with Gasteiger partial charge in [0.1, 0.15) is 0 Å². The minimum Gasteiger partial charge on any atom is -0.324 e. The van der Waals surface area contributed by atoms with Gasteiger partial charge in [-0.05, 0) is 18.2 Å². The van der Waals surface area contributed by atoms with Gasteiger partial charge in [0, 0.05) is 15.8 Å². The third kappa shape index (κ3) is 3.48. The summed E-state index contributed by atoms with van der Waals surface area (Å²) < 4.78 is 37.4. The molecule has 0 atom stereocenters. The van der Waals surface area contributed by atoms with Crippen molar-refractivity contribution in [1.82, 2.24) is 4.98 Å². The molecule has 0 aliphatic carbocycles. The Balaban J connectivity index is 1.77. The number of amides is 2. The van der Waals surface area contributed by atoms with Gasteiger partial charge in [0.25, 0.3) is 5.91 Å². The molecule has 2 heterocycles. The number of fused-ring (bicyclic) bond motifs is 1. The summed E-state index contributed by atoms with van der Waals surface area (Å²) in [5.41, 5.74) is -0.323. The zero-order valence-corrected chi connectivity index (χ0v) is 12.9. The van der Waals surface area contributed by atoms with Gasteiger partial charge < -0.3 is 5.32 Å². The third-order valence-electron chi connectivity index (χ3n) is 2.89. The van der Waals surface area contributed by atoms with Crippen LogP contribution in [0.5, 0.6) is 0 Å². The number of anilines is 2. The highest BCUT2D eigenvalue weighted by atomic mass is 32.2. The first-order valence-electron chi connectivity index (χ1n) is 6.24. The summed E-state index contributed by atoms with van der Waals surface area (Å²) in [4.78, 5) is 27.6. The van der Waals surface area contributed by atoms with Crippen LogP contribution in [0.15, 0.2) is 28.5 Å². The zero-order valence-electron chi connectivity index (χ0n) is 11.2. The number of rotatable bonds is 2. The maximum atomic E-state index is 12.5. The summed E-state index contributed by atoms with van der Waals surface area (Å²) in [7, 11) is 0. The summed E-state index contributed by atoms with van der Waals surface area (Å²) in [6.45, 7) is 0. The number of benzene rings is 1. The molecular weight excluding hydrogens is 351 g/mol. The van der Waals surface area contributed by atoms with E-state index in [9.17, 15) is 22.8 Å². The van der Waals surface area contributed by atoms with Crippen LogP contribution >= 0.6 is 23.1 Å². The number of thiazole rings is 1. The number of aromatic nitrogens is 1. The van der Waals surface area contributed by atoms with Gasteiger partial charge in [0.05, 0.1) is 11.4 Å². The van der Waals surface area contributed by atoms with Crippen LogP contribution in [0.25, 0.3) is 0 Å². The fourth-order valence-corrected chi connectivity index (χ4v) is 3.36. The maximum absolute atomic E-state index is 12.5. The van der Waals surface area contributed by atoms with Gasteiger partial charge in [0.2, 0.25) is 5.91 Å². The number of nitrogens with one attached hydrogen (secondary N) is 2. The summed E-state index contributed by atoms with van der Waals surface area (Å²) in [6.07, 6.45) is -4.55. The SMILES string of the molecule is O=C1CSc2ccc(C(=O)Nc3nc(C(F)(F)F)cs3)cc2N1. The molecule has 1 aliphatic rings. The molecule has 1 aromatic heterocycles. The predicted octanol–water partition coefficient (Wildman–Crippen LogP) is 3.46. The Bertz CT molecular complexity index is 789. The minimum absolute atomic E-state index is 0.140. The lowest BCUT2D eigenvalue weighted by atomic mass is 10.2. The van der Waals surface area contributed by atoms with E-state index in [2.05, 4.69) is 15.6 Å². The molecule has 0 spiro atoms. The van der Waals surface area contributed by atoms with Crippen molar-refractivity contribution in [1.29, 1.82) is 0 Å². The molecule has 2 amide bonds. The lowest BCUT2D eigenvalue weighted by Gasteiger charge is -2.16. The van der Waals surface area contributed by atoms with Gasteiger partial charge in [-0.3, -0.25) is 14.9 Å². The lowest BCUT2D eigenvalue weighted by Crippen LogP contribution is -2.20. The van der Waals surface area contributed by atoms with E-state index in [0.717, 1.165) is 10.3 Å². The molecular formula is C13H8F3N3O2S2. The molecule has 1 aliphatic heterocycles. The molecule has 0 radical (unpaired) electrons. The Morgan fingerprint density at radius 1 is 1.35 bits per heavy atom. The predicted molar refractivity (Wildman–Crippen MR) is 80.9 cm³/mol. The van der Waals surface area contributed by atoms with E-state index in [-0.39, 0.29) is 16.6 Å². The first-order valence-corrected chi connectivity index (χ1v) is 8.10. The number of hydrogen-bond donors (Lipinski definition) is 2. The van der Waals surface area contributed by atoms with Crippen LogP contribution in [0.1, 0.15) is 16.1 Å². The highest BCUT2D eigenvalue weighted by Gasteiger charge is 2.34. The summed E-state index contributed by atoms with van der Waals surface area (Å²) in [5, 5.41) is 5.65. The van der Waals surface area contributed by atoms with Gasteiger partial charge in [-0.2, -0.15) is 13.2 Å². The number of hydrogen-bond acceptors (Lipinski definition) is 5. The number of nitrogens with zero attached hydrogens (tertiary/aromatic N) is 1. The van der Waals surface area contributed by atoms with Gasteiger partial charge in [-0.15, -0.1) is 23.1 Å². The van der Waals surface area contributed by atoms with E-state index in [0.29, 0.717) is 22.8 Å². The number of thioether (sulfide) groups is 1. The Kier molecular flexibility index (Phi) is 4.02. The van der Waals surface area contributed by atoms with Crippen LogP contribution in [0.2, 0.25) is 0 Å². The van der Waals surface area contributed by atoms with Crippen molar-refractivity contribution in [2.24, 2.45) is 0 Å². The van der Waals surface area contributed by atoms with Crippen molar-refractivity contribution in [3.63, 3.8) is 0 Å². The smallest absolute Gasteiger partial charge is 0.324 e. The molecule has 0 bridgehead atoms. The topological polar surface area (TPSA) is 71.1 Å². The molecule has 0 unspecified atom stereocenters. The Hall–Kier alpha value is -2.07. The molecule has 10 heteroatoms. The standard InChI is InChI=1S/C13H8F3N3O2S2/c14-13(15,16)9-4-23-12(18-9)19-11(21)6-1-2-8-7(3-6)17-10(20)5-22-8/h1-4H,5H2,(H,17,20)(H,18,19,21). The first kappa shape index (κ1) is 15.8. The van der Waals surface area contributed by atoms with Crippen LogP contribution in [-0.4, -0.2) is 22.6 Å². The molecule has 3 rings (SSSR count). The summed E-state index contributed by atoms with van der Waals surface area (Å²) in [5.74, 6) is -0.465. The van der Waals surface area contributed by atoms with Crippen molar-refractivity contribution in [3.8, 4) is 0 Å². The van der Waals surface area contributed by atoms with Crippen LogP contribution in [0, 0.1) is 0 Å². The van der Waals surface area contributed by atoms with E-state index in [1.165, 1.54) is 23.9 Å². The number of carbonyl (C=O) groups excluding carboxylic acids is 2. The molecule has 1 aromatic carbocycles. The molecule has 23 heavy (non-hydrogen) atoms. The average molecular weight is 359 g/mol. The Morgan fingerprint density at radius 2 is 2.13 bits per heavy atom. The highest BCUT2D eigenvalue weighted by Crippen LogP contribution is 2.33. The van der Waals surface area contributed by atoms with Crippen molar-refractivity contribution in [2.45, 2.75) is 11.1 Å². The number of carbonyl (C=O) groups is 2. The molecule has 0 saturated carbocycles. The van der Waals surface area contributed by atoms with Gasteiger partial charge >= 0.3 is 6.18 Å². The van der Waals surface area contributed by atoms with E-state index >= 15 is 0 Å². The second-order valence-corrected chi connectivity index (χ2v) is 6.41. The normalized spacial score (nSPS) is 14.1. The minimum atomic E-state index is -4.55. The van der Waals surface area contributed by atoms with Crippen molar-refractivity contribution >= 4 is 45.7 Å². The monoisotopic (exact) mass is 359 g/mol. The molecule has 2 N–H and O–H groups in total.